The number of carbonyl (C=O) groups is 1. The number of imidazole rings is 1. The highest BCUT2D eigenvalue weighted by atomic mass is 16.1. The molecule has 5 heteroatoms. The molecule has 0 spiro atoms. The van der Waals surface area contributed by atoms with Gasteiger partial charge in [-0.15, -0.1) is 0 Å². The maximum Gasteiger partial charge on any atom is 0.237 e. The second-order valence-corrected chi connectivity index (χ2v) is 5.18. The van der Waals surface area contributed by atoms with Crippen molar-refractivity contribution in [2.75, 3.05) is 0 Å². The van der Waals surface area contributed by atoms with Crippen molar-refractivity contribution < 1.29 is 4.79 Å². The number of nitrogens with zero attached hydrogens (tertiary/aromatic N) is 2. The van der Waals surface area contributed by atoms with Crippen molar-refractivity contribution in [2.24, 2.45) is 11.5 Å². The molecule has 1 unspecified atom stereocenters. The summed E-state index contributed by atoms with van der Waals surface area (Å²) in [7, 11) is 0. The molecule has 1 aromatic carbocycles. The number of nitrogens with two attached hydrogens (primary N) is 2. The Balaban J connectivity index is 2.10. The first-order chi connectivity index (χ1) is 8.92. The third-order valence-electron chi connectivity index (χ3n) is 3.49. The number of benzene rings is 1. The highest BCUT2D eigenvalue weighted by molar-refractivity contribution is 5.83. The van der Waals surface area contributed by atoms with Crippen LogP contribution in [-0.2, 0) is 11.3 Å². The zero-order chi connectivity index (χ0) is 14.0. The van der Waals surface area contributed by atoms with Gasteiger partial charge in [0.2, 0.25) is 5.91 Å². The van der Waals surface area contributed by atoms with Crippen molar-refractivity contribution in [1.29, 1.82) is 0 Å². The summed E-state index contributed by atoms with van der Waals surface area (Å²) >= 11 is 0. The molecular formula is C14H20N4O. The number of aryl methyl sites for hydroxylation is 2. The van der Waals surface area contributed by atoms with Crippen molar-refractivity contribution in [3.8, 4) is 0 Å². The maximum absolute atomic E-state index is 11.2. The van der Waals surface area contributed by atoms with Crippen LogP contribution < -0.4 is 11.5 Å². The predicted octanol–water partition coefficient (Wildman–Crippen LogP) is 1.33. The van der Waals surface area contributed by atoms with Crippen LogP contribution in [0.25, 0.3) is 11.0 Å². The van der Waals surface area contributed by atoms with E-state index in [0.717, 1.165) is 29.8 Å². The number of hydrogen-bond acceptors (Lipinski definition) is 3. The van der Waals surface area contributed by atoms with E-state index in [1.165, 1.54) is 0 Å². The predicted molar refractivity (Wildman–Crippen MR) is 75.5 cm³/mol. The molecule has 0 saturated heterocycles. The SMILES string of the molecule is Cc1nc2ccccc2n1CCCC(C)(N)C(N)=O. The van der Waals surface area contributed by atoms with Gasteiger partial charge >= 0.3 is 0 Å². The Morgan fingerprint density at radius 3 is 2.79 bits per heavy atom. The Bertz CT molecular complexity index is 601. The molecule has 0 radical (unpaired) electrons. The summed E-state index contributed by atoms with van der Waals surface area (Å²) in [5, 5.41) is 0. The minimum atomic E-state index is -0.940. The van der Waals surface area contributed by atoms with E-state index in [0.29, 0.717) is 6.42 Å². The lowest BCUT2D eigenvalue weighted by Gasteiger charge is -2.20. The van der Waals surface area contributed by atoms with Crippen molar-refractivity contribution >= 4 is 16.9 Å². The van der Waals surface area contributed by atoms with Crippen molar-refractivity contribution in [1.82, 2.24) is 9.55 Å². The van der Waals surface area contributed by atoms with Gasteiger partial charge in [-0.25, -0.2) is 4.98 Å². The lowest BCUT2D eigenvalue weighted by molar-refractivity contribution is -0.122. The highest BCUT2D eigenvalue weighted by Gasteiger charge is 2.24. The van der Waals surface area contributed by atoms with Crippen LogP contribution >= 0.6 is 0 Å². The Kier molecular flexibility index (Phi) is 3.57. The molecule has 0 aliphatic carbocycles. The summed E-state index contributed by atoms with van der Waals surface area (Å²) in [6.45, 7) is 4.44. The van der Waals surface area contributed by atoms with E-state index in [1.54, 1.807) is 6.92 Å². The monoisotopic (exact) mass is 260 g/mol. The number of amides is 1. The zero-order valence-electron chi connectivity index (χ0n) is 11.4. The minimum absolute atomic E-state index is 0.459. The Morgan fingerprint density at radius 2 is 2.11 bits per heavy atom. The van der Waals surface area contributed by atoms with Gasteiger partial charge < -0.3 is 16.0 Å². The van der Waals surface area contributed by atoms with Crippen LogP contribution in [0.5, 0.6) is 0 Å². The van der Waals surface area contributed by atoms with Gasteiger partial charge in [0.1, 0.15) is 5.82 Å². The van der Waals surface area contributed by atoms with E-state index in [2.05, 4.69) is 9.55 Å². The minimum Gasteiger partial charge on any atom is -0.368 e. The van der Waals surface area contributed by atoms with Crippen molar-refractivity contribution in [3.63, 3.8) is 0 Å². The van der Waals surface area contributed by atoms with Gasteiger partial charge in [-0.2, -0.15) is 0 Å². The molecule has 0 fully saturated rings. The first kappa shape index (κ1) is 13.5. The molecule has 5 nitrogen and oxygen atoms in total. The highest BCUT2D eigenvalue weighted by Crippen LogP contribution is 2.17. The smallest absolute Gasteiger partial charge is 0.237 e. The number of para-hydroxylation sites is 2. The first-order valence-electron chi connectivity index (χ1n) is 6.42. The van der Waals surface area contributed by atoms with E-state index in [4.69, 9.17) is 11.5 Å². The summed E-state index contributed by atoms with van der Waals surface area (Å²) in [6, 6.07) is 8.01. The molecule has 0 aliphatic heterocycles. The van der Waals surface area contributed by atoms with Crippen molar-refractivity contribution in [2.45, 2.75) is 38.8 Å². The molecule has 4 N–H and O–H groups in total. The third kappa shape index (κ3) is 2.76. The molecule has 102 valence electrons. The molecule has 0 aliphatic rings. The first-order valence-corrected chi connectivity index (χ1v) is 6.42. The Labute approximate surface area is 112 Å². The van der Waals surface area contributed by atoms with E-state index < -0.39 is 11.4 Å². The number of fused-ring (bicyclic) bond motifs is 1. The fourth-order valence-corrected chi connectivity index (χ4v) is 2.21. The van der Waals surface area contributed by atoms with E-state index in [1.807, 2.05) is 31.2 Å². The van der Waals surface area contributed by atoms with Crippen LogP contribution in [0.1, 0.15) is 25.6 Å². The standard InChI is InChI=1S/C14H20N4O/c1-10-17-11-6-3-4-7-12(11)18(10)9-5-8-14(2,16)13(15)19/h3-4,6-7H,5,8-9,16H2,1-2H3,(H2,15,19). The third-order valence-corrected chi connectivity index (χ3v) is 3.49. The summed E-state index contributed by atoms with van der Waals surface area (Å²) in [6.07, 6.45) is 1.35. The lowest BCUT2D eigenvalue weighted by Crippen LogP contribution is -2.49. The molecule has 2 rings (SSSR count). The van der Waals surface area contributed by atoms with Gasteiger partial charge in [0.05, 0.1) is 16.6 Å². The number of hydrogen-bond donors (Lipinski definition) is 2. The van der Waals surface area contributed by atoms with E-state index in [9.17, 15) is 4.79 Å². The van der Waals surface area contributed by atoms with Crippen LogP contribution in [0.4, 0.5) is 0 Å². The molecule has 2 aromatic rings. The second-order valence-electron chi connectivity index (χ2n) is 5.18. The number of rotatable bonds is 5. The average molecular weight is 260 g/mol. The normalized spacial score (nSPS) is 14.5. The molecule has 0 bridgehead atoms. The molecule has 19 heavy (non-hydrogen) atoms. The van der Waals surface area contributed by atoms with Crippen LogP contribution in [0.3, 0.4) is 0 Å². The van der Waals surface area contributed by atoms with E-state index >= 15 is 0 Å². The Morgan fingerprint density at radius 1 is 1.42 bits per heavy atom. The summed E-state index contributed by atoms with van der Waals surface area (Å²) in [4.78, 5) is 15.7. The Hall–Kier alpha value is -1.88. The molecule has 0 saturated carbocycles. The van der Waals surface area contributed by atoms with Gasteiger partial charge in [-0.1, -0.05) is 12.1 Å². The van der Waals surface area contributed by atoms with Gasteiger partial charge in [-0.3, -0.25) is 4.79 Å². The fourth-order valence-electron chi connectivity index (χ4n) is 2.21. The van der Waals surface area contributed by atoms with Gasteiger partial charge in [0, 0.05) is 6.54 Å². The largest absolute Gasteiger partial charge is 0.368 e. The van der Waals surface area contributed by atoms with Gasteiger partial charge in [0.15, 0.2) is 0 Å². The van der Waals surface area contributed by atoms with E-state index in [-0.39, 0.29) is 0 Å². The molecule has 1 atom stereocenters. The number of aromatic nitrogens is 2. The summed E-state index contributed by atoms with van der Waals surface area (Å²) in [5.41, 5.74) is 12.3. The number of carbonyl (C=O) groups excluding carboxylic acids is 1. The molecule has 1 aromatic heterocycles. The van der Waals surface area contributed by atoms with Crippen LogP contribution in [0, 0.1) is 6.92 Å². The summed E-state index contributed by atoms with van der Waals surface area (Å²) in [5.74, 6) is 0.513. The molecule has 1 amide bonds. The van der Waals surface area contributed by atoms with Crippen LogP contribution in [0.2, 0.25) is 0 Å². The van der Waals surface area contributed by atoms with Gasteiger partial charge in [0.25, 0.3) is 0 Å². The maximum atomic E-state index is 11.2. The molecular weight excluding hydrogens is 240 g/mol. The average Bonchev–Trinajstić information content (AvgIpc) is 2.65. The number of primary amides is 1. The van der Waals surface area contributed by atoms with Crippen molar-refractivity contribution in [3.05, 3.63) is 30.1 Å². The topological polar surface area (TPSA) is 86.9 Å². The lowest BCUT2D eigenvalue weighted by atomic mass is 9.96. The zero-order valence-corrected chi connectivity index (χ0v) is 11.4. The summed E-state index contributed by atoms with van der Waals surface area (Å²) < 4.78 is 2.15. The van der Waals surface area contributed by atoms with Gasteiger partial charge in [-0.05, 0) is 38.8 Å². The second kappa shape index (κ2) is 5.01. The molecule has 1 heterocycles. The van der Waals surface area contributed by atoms with Crippen LogP contribution in [-0.4, -0.2) is 21.0 Å². The fraction of sp³-hybridized carbons (Fsp3) is 0.429. The quantitative estimate of drug-likeness (QED) is 0.850. The van der Waals surface area contributed by atoms with Crippen LogP contribution in [0.15, 0.2) is 24.3 Å².